The molecule has 0 spiro atoms. The topological polar surface area (TPSA) is 0 Å². The largest absolute Gasteiger partial charge is 0.342 e. The highest BCUT2D eigenvalue weighted by atomic mass is 19.3. The summed E-state index contributed by atoms with van der Waals surface area (Å²) in [5, 5.41) is 0. The van der Waals surface area contributed by atoms with Crippen LogP contribution in [-0.4, -0.2) is 0 Å². The van der Waals surface area contributed by atoms with Crippen molar-refractivity contribution in [3.05, 3.63) is 113 Å². The average molecular weight is 489 g/mol. The molecule has 0 atom stereocenters. The molecule has 0 aliphatic carbocycles. The van der Waals surface area contributed by atoms with E-state index in [9.17, 15) is 26.3 Å². The fraction of sp³-hybridized carbons (Fsp3) is 0.241. The van der Waals surface area contributed by atoms with Crippen molar-refractivity contribution in [2.24, 2.45) is 0 Å². The van der Waals surface area contributed by atoms with Crippen molar-refractivity contribution in [3.63, 3.8) is 0 Å². The van der Waals surface area contributed by atoms with Gasteiger partial charge in [0.25, 0.3) is 0 Å². The normalized spacial score (nSPS) is 12.7. The van der Waals surface area contributed by atoms with Crippen molar-refractivity contribution in [2.75, 3.05) is 0 Å². The second-order valence-electron chi connectivity index (χ2n) is 8.20. The summed E-state index contributed by atoms with van der Waals surface area (Å²) in [6, 6.07) is 11.6. The molecule has 3 rings (SSSR count). The highest BCUT2D eigenvalue weighted by Crippen LogP contribution is 2.50. The second kappa shape index (κ2) is 11.0. The number of rotatable bonds is 9. The highest BCUT2D eigenvalue weighted by molar-refractivity contribution is 5.67. The van der Waals surface area contributed by atoms with Crippen LogP contribution in [0.25, 0.3) is 17.2 Å². The molecule has 0 N–H and O–H groups in total. The third-order valence-electron chi connectivity index (χ3n) is 5.70. The van der Waals surface area contributed by atoms with Crippen LogP contribution in [0.2, 0.25) is 0 Å². The van der Waals surface area contributed by atoms with E-state index in [1.807, 2.05) is 32.1 Å². The maximum Gasteiger partial charge on any atom is 0.342 e. The molecule has 35 heavy (non-hydrogen) atoms. The Hall–Kier alpha value is -3.28. The van der Waals surface area contributed by atoms with E-state index in [-0.39, 0.29) is 5.56 Å². The average Bonchev–Trinajstić information content (AvgIpc) is 2.83. The number of hydrogen-bond acceptors (Lipinski definition) is 0. The van der Waals surface area contributed by atoms with Gasteiger partial charge >= 0.3 is 11.8 Å². The number of aryl methyl sites for hydroxylation is 1. The monoisotopic (exact) mass is 488 g/mol. The van der Waals surface area contributed by atoms with Crippen LogP contribution >= 0.6 is 0 Å². The van der Waals surface area contributed by atoms with Crippen LogP contribution in [-0.2, 0) is 18.3 Å². The molecule has 0 aromatic heterocycles. The molecule has 0 nitrogen and oxygen atoms in total. The first-order chi connectivity index (χ1) is 16.6. The fourth-order valence-electron chi connectivity index (χ4n) is 3.71. The van der Waals surface area contributed by atoms with Gasteiger partial charge in [-0.3, -0.25) is 0 Å². The van der Waals surface area contributed by atoms with Crippen molar-refractivity contribution in [1.82, 2.24) is 0 Å². The van der Waals surface area contributed by atoms with Crippen LogP contribution in [0.5, 0.6) is 0 Å². The fourth-order valence-corrected chi connectivity index (χ4v) is 3.71. The lowest BCUT2D eigenvalue weighted by Crippen LogP contribution is -2.36. The Labute approximate surface area is 201 Å². The zero-order valence-electron chi connectivity index (χ0n) is 19.5. The number of halogens is 6. The summed E-state index contributed by atoms with van der Waals surface area (Å²) in [5.41, 5.74) is -0.961. The zero-order chi connectivity index (χ0) is 25.6. The number of alkyl halides is 4. The molecule has 3 aromatic rings. The molecule has 0 aliphatic heterocycles. The molecule has 0 saturated heterocycles. The summed E-state index contributed by atoms with van der Waals surface area (Å²) in [7, 11) is 0. The Balaban J connectivity index is 1.89. The first-order valence-corrected chi connectivity index (χ1v) is 11.3. The Morgan fingerprint density at radius 1 is 0.771 bits per heavy atom. The maximum atomic E-state index is 14.9. The van der Waals surface area contributed by atoms with Gasteiger partial charge in [-0.05, 0) is 61.1 Å². The van der Waals surface area contributed by atoms with Gasteiger partial charge in [0.15, 0.2) is 0 Å². The summed E-state index contributed by atoms with van der Waals surface area (Å²) in [6.07, 6.45) is 9.25. The van der Waals surface area contributed by atoms with Gasteiger partial charge in [0, 0.05) is 11.1 Å². The standard InChI is InChI=1S/C29H26F6/c1-3-5-7-9-21-12-17-25(27(31)18-21)29(34,35)28(32,33)23-15-16-24(26(30)19-23)22-13-10-20(11-14-22)8-6-4-2/h3,5-6,8,10-19H,4,7,9H2,1-2H3/b5-3+,8-6+. The third-order valence-corrected chi connectivity index (χ3v) is 5.70. The van der Waals surface area contributed by atoms with Gasteiger partial charge in [0.05, 0.1) is 5.56 Å². The van der Waals surface area contributed by atoms with Crippen molar-refractivity contribution in [3.8, 4) is 11.1 Å². The van der Waals surface area contributed by atoms with Crippen LogP contribution in [0.4, 0.5) is 26.3 Å². The number of benzene rings is 3. The van der Waals surface area contributed by atoms with E-state index in [2.05, 4.69) is 0 Å². The quantitative estimate of drug-likeness (QED) is 0.208. The van der Waals surface area contributed by atoms with Crippen molar-refractivity contribution < 1.29 is 26.3 Å². The lowest BCUT2D eigenvalue weighted by Gasteiger charge is -2.28. The molecule has 0 fully saturated rings. The summed E-state index contributed by atoms with van der Waals surface area (Å²) in [6.45, 7) is 3.79. The second-order valence-corrected chi connectivity index (χ2v) is 8.20. The smallest absolute Gasteiger partial charge is 0.206 e. The van der Waals surface area contributed by atoms with E-state index in [1.165, 1.54) is 6.07 Å². The van der Waals surface area contributed by atoms with Gasteiger partial charge in [0.1, 0.15) is 11.6 Å². The summed E-state index contributed by atoms with van der Waals surface area (Å²) in [4.78, 5) is 0. The van der Waals surface area contributed by atoms with Gasteiger partial charge < -0.3 is 0 Å². The minimum atomic E-state index is -4.89. The van der Waals surface area contributed by atoms with Gasteiger partial charge in [-0.25, -0.2) is 8.78 Å². The van der Waals surface area contributed by atoms with Gasteiger partial charge in [-0.1, -0.05) is 73.7 Å². The van der Waals surface area contributed by atoms with Crippen LogP contribution in [0, 0.1) is 11.6 Å². The Morgan fingerprint density at radius 2 is 1.49 bits per heavy atom. The lowest BCUT2D eigenvalue weighted by molar-refractivity contribution is -0.225. The van der Waals surface area contributed by atoms with Crippen molar-refractivity contribution in [1.29, 1.82) is 0 Å². The predicted octanol–water partition coefficient (Wildman–Crippen LogP) is 9.45. The summed E-state index contributed by atoms with van der Waals surface area (Å²) < 4.78 is 88.9. The minimum Gasteiger partial charge on any atom is -0.206 e. The SMILES string of the molecule is C/C=C/CCc1ccc(C(F)(F)C(F)(F)c2ccc(-c3ccc(/C=C/CC)cc3)c(F)c2)c(F)c1. The van der Waals surface area contributed by atoms with E-state index < -0.39 is 34.6 Å². The van der Waals surface area contributed by atoms with Gasteiger partial charge in [0.2, 0.25) is 0 Å². The van der Waals surface area contributed by atoms with Crippen molar-refractivity contribution in [2.45, 2.75) is 45.0 Å². The third kappa shape index (κ3) is 5.69. The first kappa shape index (κ1) is 26.3. The molecular formula is C29H26F6. The molecule has 0 unspecified atom stereocenters. The van der Waals surface area contributed by atoms with E-state index in [4.69, 9.17) is 0 Å². The van der Waals surface area contributed by atoms with Gasteiger partial charge in [-0.15, -0.1) is 0 Å². The van der Waals surface area contributed by atoms with E-state index in [1.54, 1.807) is 30.3 Å². The Morgan fingerprint density at radius 3 is 2.09 bits per heavy atom. The molecule has 184 valence electrons. The maximum absolute atomic E-state index is 14.9. The highest BCUT2D eigenvalue weighted by Gasteiger charge is 2.59. The van der Waals surface area contributed by atoms with Crippen LogP contribution in [0.3, 0.4) is 0 Å². The molecule has 0 bridgehead atoms. The molecule has 3 aromatic carbocycles. The number of hydrogen-bond donors (Lipinski definition) is 0. The molecular weight excluding hydrogens is 462 g/mol. The van der Waals surface area contributed by atoms with Crippen LogP contribution < -0.4 is 0 Å². The molecule has 0 saturated carbocycles. The summed E-state index contributed by atoms with van der Waals surface area (Å²) in [5.74, 6) is -12.2. The number of allylic oxidation sites excluding steroid dienone is 3. The minimum absolute atomic E-state index is 0.00412. The molecule has 6 heteroatoms. The zero-order valence-corrected chi connectivity index (χ0v) is 19.5. The van der Waals surface area contributed by atoms with E-state index in [0.29, 0.717) is 36.1 Å². The van der Waals surface area contributed by atoms with Crippen LogP contribution in [0.15, 0.2) is 78.9 Å². The van der Waals surface area contributed by atoms with Crippen LogP contribution in [0.1, 0.15) is 48.9 Å². The Kier molecular flexibility index (Phi) is 8.26. The molecule has 0 amide bonds. The molecule has 0 aliphatic rings. The lowest BCUT2D eigenvalue weighted by atomic mass is 9.92. The van der Waals surface area contributed by atoms with Crippen molar-refractivity contribution >= 4 is 6.08 Å². The van der Waals surface area contributed by atoms with Gasteiger partial charge in [-0.2, -0.15) is 17.6 Å². The Bertz CT molecular complexity index is 1210. The van der Waals surface area contributed by atoms with E-state index in [0.717, 1.165) is 30.2 Å². The molecule has 0 radical (unpaired) electrons. The predicted molar refractivity (Wildman–Crippen MR) is 128 cm³/mol. The first-order valence-electron chi connectivity index (χ1n) is 11.3. The molecule has 0 heterocycles. The van der Waals surface area contributed by atoms with E-state index >= 15 is 0 Å². The summed E-state index contributed by atoms with van der Waals surface area (Å²) >= 11 is 0.